The summed E-state index contributed by atoms with van der Waals surface area (Å²) in [4.78, 5) is 10.8. The standard InChI is InChI=1S/C15H23ClN2O3.ClH/c1-3-5-6-18-9-11-7-12(16)15(21-10-14(17)19)13(8-11)20-4-2;/h7-8,18H,3-6,9-10H2,1-2H3,(H2,17,19);1H. The third-order valence-corrected chi connectivity index (χ3v) is 3.04. The van der Waals surface area contributed by atoms with Crippen LogP contribution in [0.3, 0.4) is 0 Å². The van der Waals surface area contributed by atoms with Gasteiger partial charge in [0, 0.05) is 6.54 Å². The van der Waals surface area contributed by atoms with E-state index >= 15 is 0 Å². The Labute approximate surface area is 142 Å². The summed E-state index contributed by atoms with van der Waals surface area (Å²) in [7, 11) is 0. The summed E-state index contributed by atoms with van der Waals surface area (Å²) in [5.41, 5.74) is 6.09. The highest BCUT2D eigenvalue weighted by molar-refractivity contribution is 6.32. The lowest BCUT2D eigenvalue weighted by Crippen LogP contribution is -2.20. The van der Waals surface area contributed by atoms with Gasteiger partial charge in [0.15, 0.2) is 18.1 Å². The van der Waals surface area contributed by atoms with Crippen molar-refractivity contribution in [2.24, 2.45) is 5.73 Å². The number of carbonyl (C=O) groups excluding carboxylic acids is 1. The van der Waals surface area contributed by atoms with Gasteiger partial charge in [0.1, 0.15) is 0 Å². The lowest BCUT2D eigenvalue weighted by atomic mass is 10.2. The molecular weight excluding hydrogens is 327 g/mol. The Morgan fingerprint density at radius 3 is 2.64 bits per heavy atom. The number of hydrogen-bond acceptors (Lipinski definition) is 4. The van der Waals surface area contributed by atoms with Crippen molar-refractivity contribution in [2.45, 2.75) is 33.2 Å². The summed E-state index contributed by atoms with van der Waals surface area (Å²) in [5.74, 6) is 0.326. The second kappa shape index (κ2) is 11.4. The number of benzene rings is 1. The van der Waals surface area contributed by atoms with Gasteiger partial charge in [-0.15, -0.1) is 12.4 Å². The first-order valence-electron chi connectivity index (χ1n) is 7.15. The van der Waals surface area contributed by atoms with Crippen LogP contribution in [0.25, 0.3) is 0 Å². The maximum Gasteiger partial charge on any atom is 0.255 e. The first kappa shape index (κ1) is 20.8. The van der Waals surface area contributed by atoms with E-state index < -0.39 is 5.91 Å². The fraction of sp³-hybridized carbons (Fsp3) is 0.533. The van der Waals surface area contributed by atoms with E-state index in [1.165, 1.54) is 0 Å². The van der Waals surface area contributed by atoms with Crippen molar-refractivity contribution in [1.29, 1.82) is 0 Å². The molecule has 0 unspecified atom stereocenters. The average molecular weight is 351 g/mol. The Morgan fingerprint density at radius 1 is 1.32 bits per heavy atom. The molecule has 0 aliphatic rings. The molecule has 7 heteroatoms. The van der Waals surface area contributed by atoms with Gasteiger partial charge >= 0.3 is 0 Å². The molecule has 1 amide bonds. The number of hydrogen-bond donors (Lipinski definition) is 2. The summed E-state index contributed by atoms with van der Waals surface area (Å²) in [5, 5.41) is 3.75. The van der Waals surface area contributed by atoms with Crippen molar-refractivity contribution in [2.75, 3.05) is 19.8 Å². The Morgan fingerprint density at radius 2 is 2.05 bits per heavy atom. The van der Waals surface area contributed by atoms with Gasteiger partial charge in [-0.1, -0.05) is 24.9 Å². The van der Waals surface area contributed by atoms with Crippen LogP contribution in [0.2, 0.25) is 5.02 Å². The molecule has 0 fully saturated rings. The van der Waals surface area contributed by atoms with Gasteiger partial charge in [-0.25, -0.2) is 0 Å². The van der Waals surface area contributed by atoms with Crippen LogP contribution in [0.1, 0.15) is 32.3 Å². The number of primary amides is 1. The molecule has 1 aromatic rings. The molecule has 0 heterocycles. The van der Waals surface area contributed by atoms with E-state index in [0.717, 1.165) is 24.9 Å². The maximum atomic E-state index is 10.8. The van der Waals surface area contributed by atoms with Gasteiger partial charge in [0.2, 0.25) is 0 Å². The molecule has 1 rings (SSSR count). The SMILES string of the molecule is CCCCNCc1cc(Cl)c(OCC(N)=O)c(OCC)c1.Cl. The predicted molar refractivity (Wildman–Crippen MR) is 91.2 cm³/mol. The molecule has 0 bridgehead atoms. The largest absolute Gasteiger partial charge is 0.490 e. The molecule has 0 aromatic heterocycles. The van der Waals surface area contributed by atoms with E-state index in [1.54, 1.807) is 6.07 Å². The minimum atomic E-state index is -0.557. The maximum absolute atomic E-state index is 10.8. The number of amides is 1. The van der Waals surface area contributed by atoms with Gasteiger partial charge in [-0.3, -0.25) is 4.79 Å². The minimum Gasteiger partial charge on any atom is -0.490 e. The Kier molecular flexibility index (Phi) is 10.8. The van der Waals surface area contributed by atoms with Gasteiger partial charge in [-0.2, -0.15) is 0 Å². The zero-order chi connectivity index (χ0) is 15.7. The summed E-state index contributed by atoms with van der Waals surface area (Å²) in [6.07, 6.45) is 2.28. The fourth-order valence-electron chi connectivity index (χ4n) is 1.80. The number of carbonyl (C=O) groups is 1. The van der Waals surface area contributed by atoms with E-state index in [9.17, 15) is 4.79 Å². The van der Waals surface area contributed by atoms with Crippen LogP contribution in [0.15, 0.2) is 12.1 Å². The molecule has 3 N–H and O–H groups in total. The first-order chi connectivity index (χ1) is 10.1. The van der Waals surface area contributed by atoms with Crippen molar-refractivity contribution in [1.82, 2.24) is 5.32 Å². The Hall–Kier alpha value is -1.17. The van der Waals surface area contributed by atoms with Crippen LogP contribution in [-0.4, -0.2) is 25.7 Å². The van der Waals surface area contributed by atoms with Crippen LogP contribution in [0.5, 0.6) is 11.5 Å². The number of rotatable bonds is 10. The second-order valence-corrected chi connectivity index (χ2v) is 5.03. The summed E-state index contributed by atoms with van der Waals surface area (Å²) < 4.78 is 10.9. The molecule has 0 aliphatic heterocycles. The zero-order valence-corrected chi connectivity index (χ0v) is 14.6. The van der Waals surface area contributed by atoms with E-state index in [2.05, 4.69) is 12.2 Å². The summed E-state index contributed by atoms with van der Waals surface area (Å²) in [6, 6.07) is 3.67. The average Bonchev–Trinajstić information content (AvgIpc) is 2.43. The highest BCUT2D eigenvalue weighted by Gasteiger charge is 2.13. The van der Waals surface area contributed by atoms with Crippen LogP contribution in [0, 0.1) is 0 Å². The number of halogens is 2. The van der Waals surface area contributed by atoms with Crippen molar-refractivity contribution >= 4 is 29.9 Å². The molecule has 5 nitrogen and oxygen atoms in total. The van der Waals surface area contributed by atoms with Crippen LogP contribution >= 0.6 is 24.0 Å². The molecule has 1 aromatic carbocycles. The lowest BCUT2D eigenvalue weighted by Gasteiger charge is -2.15. The highest BCUT2D eigenvalue weighted by atomic mass is 35.5. The number of unbranched alkanes of at least 4 members (excludes halogenated alkanes) is 1. The van der Waals surface area contributed by atoms with Gasteiger partial charge in [0.25, 0.3) is 5.91 Å². The van der Waals surface area contributed by atoms with Gasteiger partial charge in [-0.05, 0) is 37.6 Å². The van der Waals surface area contributed by atoms with Gasteiger partial charge < -0.3 is 20.5 Å². The minimum absolute atomic E-state index is 0. The molecular formula is C15H24Cl2N2O3. The summed E-state index contributed by atoms with van der Waals surface area (Å²) >= 11 is 6.21. The molecule has 0 saturated carbocycles. The molecule has 0 radical (unpaired) electrons. The molecule has 0 atom stereocenters. The third-order valence-electron chi connectivity index (χ3n) is 2.76. The molecule has 0 aliphatic carbocycles. The van der Waals surface area contributed by atoms with E-state index in [4.69, 9.17) is 26.8 Å². The Balaban J connectivity index is 0.00000441. The molecule has 22 heavy (non-hydrogen) atoms. The zero-order valence-electron chi connectivity index (χ0n) is 13.0. The third kappa shape index (κ3) is 7.20. The van der Waals surface area contributed by atoms with Crippen LogP contribution in [-0.2, 0) is 11.3 Å². The molecule has 126 valence electrons. The second-order valence-electron chi connectivity index (χ2n) is 4.62. The van der Waals surface area contributed by atoms with Crippen molar-refractivity contribution in [3.8, 4) is 11.5 Å². The monoisotopic (exact) mass is 350 g/mol. The number of nitrogens with two attached hydrogens (primary N) is 1. The number of ether oxygens (including phenoxy) is 2. The normalized spacial score (nSPS) is 9.95. The topological polar surface area (TPSA) is 73.6 Å². The van der Waals surface area contributed by atoms with E-state index in [0.29, 0.717) is 29.7 Å². The van der Waals surface area contributed by atoms with Crippen LogP contribution < -0.4 is 20.5 Å². The van der Waals surface area contributed by atoms with Gasteiger partial charge in [0.05, 0.1) is 11.6 Å². The van der Waals surface area contributed by atoms with Crippen molar-refractivity contribution < 1.29 is 14.3 Å². The molecule has 0 saturated heterocycles. The molecule has 0 spiro atoms. The summed E-state index contributed by atoms with van der Waals surface area (Å²) in [6.45, 7) is 5.94. The number of nitrogens with one attached hydrogen (secondary N) is 1. The van der Waals surface area contributed by atoms with Crippen molar-refractivity contribution in [3.05, 3.63) is 22.7 Å². The van der Waals surface area contributed by atoms with E-state index in [-0.39, 0.29) is 19.0 Å². The predicted octanol–water partition coefficient (Wildman–Crippen LogP) is 2.91. The highest BCUT2D eigenvalue weighted by Crippen LogP contribution is 2.36. The lowest BCUT2D eigenvalue weighted by molar-refractivity contribution is -0.119. The van der Waals surface area contributed by atoms with E-state index in [1.807, 2.05) is 13.0 Å². The fourth-order valence-corrected chi connectivity index (χ4v) is 2.09. The smallest absolute Gasteiger partial charge is 0.255 e. The van der Waals surface area contributed by atoms with Crippen LogP contribution in [0.4, 0.5) is 0 Å². The van der Waals surface area contributed by atoms with Crippen molar-refractivity contribution in [3.63, 3.8) is 0 Å². The Bertz CT molecular complexity index is 470. The first-order valence-corrected chi connectivity index (χ1v) is 7.53. The quantitative estimate of drug-likeness (QED) is 0.636.